The summed E-state index contributed by atoms with van der Waals surface area (Å²) in [5, 5.41) is 9.65. The SMILES string of the molecule is O=S1(=O)c2ccc(-c3cc4c5ccccc5n5c6ccccc6c(c3)c45)cc2-c2cc(-c3cc4c5ccccc5n5c6ccccc6c(c3)c45)ccc21. The van der Waals surface area contributed by atoms with Crippen molar-refractivity contribution in [1.29, 1.82) is 0 Å². The van der Waals surface area contributed by atoms with Gasteiger partial charge in [0.05, 0.1) is 42.9 Å². The molecule has 8 aromatic carbocycles. The van der Waals surface area contributed by atoms with Gasteiger partial charge in [-0.25, -0.2) is 8.42 Å². The Bertz CT molecular complexity index is 3300. The van der Waals surface area contributed by atoms with Crippen molar-refractivity contribution in [2.45, 2.75) is 9.79 Å². The van der Waals surface area contributed by atoms with Gasteiger partial charge >= 0.3 is 0 Å². The van der Waals surface area contributed by atoms with E-state index >= 15 is 0 Å². The number of hydrogen-bond donors (Lipinski definition) is 0. The highest BCUT2D eigenvalue weighted by Crippen LogP contribution is 2.49. The second kappa shape index (κ2) is 9.39. The third-order valence-corrected chi connectivity index (χ3v) is 13.8. The molecule has 1 aliphatic heterocycles. The smallest absolute Gasteiger partial charge is 0.207 e. The van der Waals surface area contributed by atoms with Crippen LogP contribution >= 0.6 is 0 Å². The van der Waals surface area contributed by atoms with Crippen LogP contribution in [0.1, 0.15) is 0 Å². The standard InChI is InChI=1S/C48H26N2O2S/c51-53(52)45-19-17-27(29-23-37-31-9-1-5-13-41(31)49-42-14-6-2-10-32(42)38(24-29)47(37)49)21-35(45)36-22-28(18-20-46(36)53)30-25-39-33-11-3-7-15-43(33)50-44-16-8-4-12-34(44)40(26-30)48(39)50/h1-26H. The van der Waals surface area contributed by atoms with Gasteiger partial charge in [0.2, 0.25) is 9.84 Å². The zero-order valence-corrected chi connectivity index (χ0v) is 28.9. The fourth-order valence-corrected chi connectivity index (χ4v) is 11.3. The van der Waals surface area contributed by atoms with Crippen molar-refractivity contribution >= 4 is 86.0 Å². The van der Waals surface area contributed by atoms with Gasteiger partial charge in [-0.3, -0.25) is 0 Å². The molecule has 0 fully saturated rings. The van der Waals surface area contributed by atoms with Crippen LogP contribution in [-0.4, -0.2) is 17.2 Å². The van der Waals surface area contributed by atoms with Crippen molar-refractivity contribution < 1.29 is 8.42 Å². The first-order valence-corrected chi connectivity index (χ1v) is 19.4. The zero-order chi connectivity index (χ0) is 34.7. The fourth-order valence-electron chi connectivity index (χ4n) is 9.66. The molecular weight excluding hydrogens is 669 g/mol. The minimum atomic E-state index is -3.67. The Kier molecular flexibility index (Phi) is 4.96. The summed E-state index contributed by atoms with van der Waals surface area (Å²) >= 11 is 0. The molecule has 0 aliphatic carbocycles. The Balaban J connectivity index is 1.04. The lowest BCUT2D eigenvalue weighted by Crippen LogP contribution is -1.96. The second-order valence-corrected chi connectivity index (χ2v) is 16.4. The van der Waals surface area contributed by atoms with Crippen molar-refractivity contribution in [3.8, 4) is 33.4 Å². The highest BCUT2D eigenvalue weighted by atomic mass is 32.2. The van der Waals surface area contributed by atoms with Crippen LogP contribution in [-0.2, 0) is 9.84 Å². The maximum atomic E-state index is 14.0. The van der Waals surface area contributed by atoms with E-state index in [9.17, 15) is 8.42 Å². The predicted molar refractivity (Wildman–Crippen MR) is 218 cm³/mol. The van der Waals surface area contributed by atoms with Crippen molar-refractivity contribution in [2.24, 2.45) is 0 Å². The molecule has 0 atom stereocenters. The average Bonchev–Trinajstić information content (AvgIpc) is 3.97. The van der Waals surface area contributed by atoms with Crippen molar-refractivity contribution in [3.63, 3.8) is 0 Å². The molecule has 0 saturated heterocycles. The van der Waals surface area contributed by atoms with Crippen molar-refractivity contribution in [3.05, 3.63) is 158 Å². The minimum absolute atomic E-state index is 0.368. The van der Waals surface area contributed by atoms with E-state index in [-0.39, 0.29) is 0 Å². The third kappa shape index (κ3) is 3.35. The maximum Gasteiger partial charge on any atom is 0.207 e. The number of para-hydroxylation sites is 4. The molecule has 0 unspecified atom stereocenters. The summed E-state index contributed by atoms with van der Waals surface area (Å²) < 4.78 is 32.8. The van der Waals surface area contributed by atoms with E-state index in [1.165, 1.54) is 76.2 Å². The van der Waals surface area contributed by atoms with Gasteiger partial charge in [0.1, 0.15) is 0 Å². The van der Waals surface area contributed by atoms with Crippen LogP contribution in [0.3, 0.4) is 0 Å². The summed E-state index contributed by atoms with van der Waals surface area (Å²) in [7, 11) is -3.67. The first kappa shape index (κ1) is 28.0. The van der Waals surface area contributed by atoms with Crippen LogP contribution in [0.25, 0.3) is 110 Å². The van der Waals surface area contributed by atoms with Gasteiger partial charge in [-0.05, 0) is 95.1 Å². The molecule has 13 rings (SSSR count). The van der Waals surface area contributed by atoms with Gasteiger partial charge in [0, 0.05) is 54.2 Å². The number of hydrogen-bond acceptors (Lipinski definition) is 2. The number of nitrogens with zero attached hydrogens (tertiary/aromatic N) is 2. The zero-order valence-electron chi connectivity index (χ0n) is 28.1. The summed E-state index contributed by atoms with van der Waals surface area (Å²) in [6.07, 6.45) is 0. The van der Waals surface area contributed by atoms with E-state index in [4.69, 9.17) is 0 Å². The van der Waals surface area contributed by atoms with Gasteiger partial charge in [-0.1, -0.05) is 84.9 Å². The normalized spacial score (nSPS) is 14.0. The van der Waals surface area contributed by atoms with E-state index < -0.39 is 9.84 Å². The first-order valence-electron chi connectivity index (χ1n) is 17.9. The van der Waals surface area contributed by atoms with E-state index in [1.807, 2.05) is 12.1 Å². The molecule has 0 N–H and O–H groups in total. The topological polar surface area (TPSA) is 43.0 Å². The lowest BCUT2D eigenvalue weighted by molar-refractivity contribution is 0.598. The summed E-state index contributed by atoms with van der Waals surface area (Å²) in [6.45, 7) is 0. The monoisotopic (exact) mass is 694 g/mol. The number of benzene rings is 8. The molecule has 4 nitrogen and oxygen atoms in total. The molecule has 12 aromatic rings. The Morgan fingerprint density at radius 2 is 0.642 bits per heavy atom. The molecule has 0 saturated carbocycles. The second-order valence-electron chi connectivity index (χ2n) is 14.5. The average molecular weight is 695 g/mol. The van der Waals surface area contributed by atoms with Crippen LogP contribution in [0, 0.1) is 0 Å². The lowest BCUT2D eigenvalue weighted by Gasteiger charge is -2.09. The highest BCUT2D eigenvalue weighted by molar-refractivity contribution is 7.92. The summed E-state index contributed by atoms with van der Waals surface area (Å²) in [5.74, 6) is 0. The molecule has 5 heteroatoms. The highest BCUT2D eigenvalue weighted by Gasteiger charge is 2.34. The van der Waals surface area contributed by atoms with E-state index in [0.29, 0.717) is 9.79 Å². The lowest BCUT2D eigenvalue weighted by atomic mass is 9.94. The van der Waals surface area contributed by atoms with Gasteiger partial charge < -0.3 is 8.80 Å². The van der Waals surface area contributed by atoms with Gasteiger partial charge in [0.15, 0.2) is 0 Å². The van der Waals surface area contributed by atoms with Crippen LogP contribution in [0.5, 0.6) is 0 Å². The Hall–Kier alpha value is -6.69. The quantitative estimate of drug-likeness (QED) is 0.181. The summed E-state index contributed by atoms with van der Waals surface area (Å²) in [4.78, 5) is 0.735. The van der Waals surface area contributed by atoms with Gasteiger partial charge in [-0.2, -0.15) is 0 Å². The van der Waals surface area contributed by atoms with Crippen molar-refractivity contribution in [2.75, 3.05) is 0 Å². The minimum Gasteiger partial charge on any atom is -0.308 e. The predicted octanol–water partition coefficient (Wildman–Crippen LogP) is 12.1. The van der Waals surface area contributed by atoms with Crippen LogP contribution in [0.2, 0.25) is 0 Å². The number of rotatable bonds is 2. The van der Waals surface area contributed by atoms with Gasteiger partial charge in [0.25, 0.3) is 0 Å². The molecule has 0 amide bonds. The molecular formula is C48H26N2O2S. The van der Waals surface area contributed by atoms with Gasteiger partial charge in [-0.15, -0.1) is 0 Å². The Morgan fingerprint density at radius 1 is 0.321 bits per heavy atom. The molecule has 1 aliphatic rings. The first-order chi connectivity index (χ1) is 26.0. The molecule has 246 valence electrons. The van der Waals surface area contributed by atoms with Crippen LogP contribution < -0.4 is 0 Å². The number of fused-ring (bicyclic) bond motifs is 15. The fraction of sp³-hybridized carbons (Fsp3) is 0. The largest absolute Gasteiger partial charge is 0.308 e. The molecule has 0 bridgehead atoms. The Morgan fingerprint density at radius 3 is 0.981 bits per heavy atom. The molecule has 5 heterocycles. The van der Waals surface area contributed by atoms with Crippen LogP contribution in [0.15, 0.2) is 168 Å². The molecule has 53 heavy (non-hydrogen) atoms. The molecule has 4 aromatic heterocycles. The van der Waals surface area contributed by atoms with E-state index in [1.54, 1.807) is 12.1 Å². The molecule has 0 spiro atoms. The summed E-state index contributed by atoms with van der Waals surface area (Å²) in [5.41, 5.74) is 12.9. The van der Waals surface area contributed by atoms with E-state index in [2.05, 4.69) is 142 Å². The van der Waals surface area contributed by atoms with Crippen molar-refractivity contribution in [1.82, 2.24) is 8.80 Å². The molecule has 0 radical (unpaired) electrons. The maximum absolute atomic E-state index is 14.0. The third-order valence-electron chi connectivity index (χ3n) is 11.9. The van der Waals surface area contributed by atoms with E-state index in [0.717, 1.165) is 33.4 Å². The number of aromatic nitrogens is 2. The van der Waals surface area contributed by atoms with Crippen LogP contribution in [0.4, 0.5) is 0 Å². The summed E-state index contributed by atoms with van der Waals surface area (Å²) in [6, 6.07) is 55.2. The number of sulfone groups is 1. The Labute approximate surface area is 303 Å².